The topological polar surface area (TPSA) is 9.23 Å². The molecule has 0 saturated carbocycles. The molecule has 84 valence electrons. The molecule has 1 aromatic rings. The summed E-state index contributed by atoms with van der Waals surface area (Å²) in [5, 5.41) is 0. The van der Waals surface area contributed by atoms with Crippen molar-refractivity contribution in [3.63, 3.8) is 0 Å². The van der Waals surface area contributed by atoms with Crippen molar-refractivity contribution in [3.8, 4) is 5.75 Å². The Morgan fingerprint density at radius 3 is 2.47 bits per heavy atom. The number of para-hydroxylation sites is 1. The molecule has 0 aromatic heterocycles. The lowest BCUT2D eigenvalue weighted by atomic mass is 10.2. The molecule has 0 amide bonds. The SMILES string of the molecule is CCCC[Si](C)(C)Oc1ccccc1C. The quantitative estimate of drug-likeness (QED) is 0.672. The van der Waals surface area contributed by atoms with Gasteiger partial charge in [-0.05, 0) is 37.7 Å². The van der Waals surface area contributed by atoms with Gasteiger partial charge in [-0.3, -0.25) is 0 Å². The Morgan fingerprint density at radius 1 is 1.20 bits per heavy atom. The second kappa shape index (κ2) is 5.36. The Bertz CT molecular complexity index is 307. The first-order valence-corrected chi connectivity index (χ1v) is 8.91. The van der Waals surface area contributed by atoms with Crippen molar-refractivity contribution in [2.75, 3.05) is 0 Å². The molecule has 0 aliphatic heterocycles. The van der Waals surface area contributed by atoms with Crippen LogP contribution in [0.25, 0.3) is 0 Å². The van der Waals surface area contributed by atoms with Gasteiger partial charge in [0.2, 0.25) is 8.32 Å². The van der Waals surface area contributed by atoms with E-state index in [1.165, 1.54) is 24.4 Å². The normalized spacial score (nSPS) is 11.5. The smallest absolute Gasteiger partial charge is 0.245 e. The number of unbranched alkanes of at least 4 members (excludes halogenated alkanes) is 1. The second-order valence-corrected chi connectivity index (χ2v) is 8.95. The number of benzene rings is 1. The van der Waals surface area contributed by atoms with Gasteiger partial charge in [0.15, 0.2) is 0 Å². The first kappa shape index (κ1) is 12.3. The lowest BCUT2D eigenvalue weighted by Crippen LogP contribution is -2.34. The number of aryl methyl sites for hydroxylation is 1. The van der Waals surface area contributed by atoms with Gasteiger partial charge in [-0.1, -0.05) is 38.0 Å². The average Bonchev–Trinajstić information content (AvgIpc) is 2.18. The van der Waals surface area contributed by atoms with Crippen LogP contribution < -0.4 is 4.43 Å². The fraction of sp³-hybridized carbons (Fsp3) is 0.538. The van der Waals surface area contributed by atoms with Crippen molar-refractivity contribution in [1.82, 2.24) is 0 Å². The average molecular weight is 222 g/mol. The van der Waals surface area contributed by atoms with Crippen molar-refractivity contribution < 1.29 is 4.43 Å². The highest BCUT2D eigenvalue weighted by molar-refractivity contribution is 6.71. The molecule has 0 spiro atoms. The highest BCUT2D eigenvalue weighted by Gasteiger charge is 2.23. The molecule has 0 N–H and O–H groups in total. The summed E-state index contributed by atoms with van der Waals surface area (Å²) in [5.74, 6) is 1.07. The van der Waals surface area contributed by atoms with Crippen molar-refractivity contribution in [2.24, 2.45) is 0 Å². The van der Waals surface area contributed by atoms with Gasteiger partial charge in [-0.2, -0.15) is 0 Å². The number of hydrogen-bond donors (Lipinski definition) is 0. The molecule has 0 radical (unpaired) electrons. The van der Waals surface area contributed by atoms with Gasteiger partial charge in [0.1, 0.15) is 5.75 Å². The summed E-state index contributed by atoms with van der Waals surface area (Å²) in [4.78, 5) is 0. The van der Waals surface area contributed by atoms with Crippen LogP contribution in [0.1, 0.15) is 25.3 Å². The van der Waals surface area contributed by atoms with Crippen molar-refractivity contribution in [2.45, 2.75) is 45.8 Å². The summed E-state index contributed by atoms with van der Waals surface area (Å²) in [5.41, 5.74) is 1.24. The summed E-state index contributed by atoms with van der Waals surface area (Å²) in [7, 11) is -1.50. The van der Waals surface area contributed by atoms with Crippen molar-refractivity contribution in [3.05, 3.63) is 29.8 Å². The zero-order valence-electron chi connectivity index (χ0n) is 10.3. The molecular weight excluding hydrogens is 200 g/mol. The second-order valence-electron chi connectivity index (χ2n) is 4.73. The summed E-state index contributed by atoms with van der Waals surface area (Å²) >= 11 is 0. The largest absolute Gasteiger partial charge is 0.544 e. The maximum Gasteiger partial charge on any atom is 0.245 e. The Morgan fingerprint density at radius 2 is 1.87 bits per heavy atom. The van der Waals surface area contributed by atoms with Crippen molar-refractivity contribution in [1.29, 1.82) is 0 Å². The predicted molar refractivity (Wildman–Crippen MR) is 69.0 cm³/mol. The summed E-state index contributed by atoms with van der Waals surface area (Å²) in [6, 6.07) is 9.54. The highest BCUT2D eigenvalue weighted by Crippen LogP contribution is 2.23. The van der Waals surface area contributed by atoms with Crippen LogP contribution in [0, 0.1) is 6.92 Å². The molecule has 0 unspecified atom stereocenters. The molecular formula is C13H22OSi. The minimum Gasteiger partial charge on any atom is -0.544 e. The Kier molecular flexibility index (Phi) is 4.39. The third-order valence-corrected chi connectivity index (χ3v) is 4.94. The summed E-state index contributed by atoms with van der Waals surface area (Å²) in [6.45, 7) is 8.95. The summed E-state index contributed by atoms with van der Waals surface area (Å²) in [6.07, 6.45) is 2.54. The van der Waals surface area contributed by atoms with Gasteiger partial charge >= 0.3 is 0 Å². The molecule has 2 heteroatoms. The van der Waals surface area contributed by atoms with Crippen LogP contribution in [0.3, 0.4) is 0 Å². The summed E-state index contributed by atoms with van der Waals surface area (Å²) < 4.78 is 6.17. The zero-order valence-corrected chi connectivity index (χ0v) is 11.3. The standard InChI is InChI=1S/C13H22OSi/c1-5-6-11-15(3,4)14-13-10-8-7-9-12(13)2/h7-10H,5-6,11H2,1-4H3. The van der Waals surface area contributed by atoms with Gasteiger partial charge in [0, 0.05) is 0 Å². The minimum atomic E-state index is -1.50. The van der Waals surface area contributed by atoms with Gasteiger partial charge in [-0.15, -0.1) is 0 Å². The van der Waals surface area contributed by atoms with Crippen LogP contribution in [-0.4, -0.2) is 8.32 Å². The van der Waals surface area contributed by atoms with Crippen LogP contribution >= 0.6 is 0 Å². The van der Waals surface area contributed by atoms with E-state index < -0.39 is 8.32 Å². The van der Waals surface area contributed by atoms with E-state index in [1.54, 1.807) is 0 Å². The molecule has 0 heterocycles. The van der Waals surface area contributed by atoms with Crippen LogP contribution in [0.4, 0.5) is 0 Å². The van der Waals surface area contributed by atoms with E-state index in [0.29, 0.717) is 0 Å². The first-order chi connectivity index (χ1) is 7.05. The maximum absolute atomic E-state index is 6.17. The molecule has 0 atom stereocenters. The number of rotatable bonds is 5. The molecule has 0 aliphatic carbocycles. The fourth-order valence-electron chi connectivity index (χ4n) is 1.62. The fourth-order valence-corrected chi connectivity index (χ4v) is 3.75. The number of hydrogen-bond acceptors (Lipinski definition) is 1. The maximum atomic E-state index is 6.17. The van der Waals surface area contributed by atoms with Crippen LogP contribution in [-0.2, 0) is 0 Å². The lowest BCUT2D eigenvalue weighted by molar-refractivity contribution is 0.538. The minimum absolute atomic E-state index is 1.07. The molecule has 15 heavy (non-hydrogen) atoms. The Hall–Kier alpha value is -0.763. The molecule has 1 rings (SSSR count). The van der Waals surface area contributed by atoms with E-state index in [2.05, 4.69) is 45.1 Å². The Balaban J connectivity index is 2.64. The van der Waals surface area contributed by atoms with Crippen LogP contribution in [0.2, 0.25) is 19.1 Å². The zero-order chi connectivity index (χ0) is 11.3. The lowest BCUT2D eigenvalue weighted by Gasteiger charge is -2.25. The third-order valence-electron chi connectivity index (χ3n) is 2.61. The molecule has 0 fully saturated rings. The predicted octanol–water partition coefficient (Wildman–Crippen LogP) is 4.38. The van der Waals surface area contributed by atoms with E-state index in [9.17, 15) is 0 Å². The molecule has 0 saturated heterocycles. The van der Waals surface area contributed by atoms with E-state index in [0.717, 1.165) is 5.75 Å². The van der Waals surface area contributed by atoms with Gasteiger partial charge < -0.3 is 4.43 Å². The van der Waals surface area contributed by atoms with Gasteiger partial charge in [-0.25, -0.2) is 0 Å². The highest BCUT2D eigenvalue weighted by atomic mass is 28.4. The molecule has 0 bridgehead atoms. The van der Waals surface area contributed by atoms with Crippen molar-refractivity contribution >= 4 is 8.32 Å². The molecule has 1 nitrogen and oxygen atoms in total. The first-order valence-electron chi connectivity index (χ1n) is 5.80. The van der Waals surface area contributed by atoms with Crippen LogP contribution in [0.5, 0.6) is 5.75 Å². The van der Waals surface area contributed by atoms with E-state index in [1.807, 2.05) is 6.07 Å². The Labute approximate surface area is 94.6 Å². The van der Waals surface area contributed by atoms with E-state index >= 15 is 0 Å². The molecule has 0 aliphatic rings. The van der Waals surface area contributed by atoms with E-state index in [-0.39, 0.29) is 0 Å². The van der Waals surface area contributed by atoms with E-state index in [4.69, 9.17) is 4.43 Å². The van der Waals surface area contributed by atoms with Crippen LogP contribution in [0.15, 0.2) is 24.3 Å². The third kappa shape index (κ3) is 4.08. The molecule has 1 aromatic carbocycles. The van der Waals surface area contributed by atoms with Gasteiger partial charge in [0.05, 0.1) is 0 Å². The van der Waals surface area contributed by atoms with Gasteiger partial charge in [0.25, 0.3) is 0 Å². The monoisotopic (exact) mass is 222 g/mol.